The molecule has 0 spiro atoms. The van der Waals surface area contributed by atoms with Crippen LogP contribution in [0, 0.1) is 0 Å². The number of aliphatic imine (C=N–C) groups is 1. The molecule has 1 atom stereocenters. The second-order valence-electron chi connectivity index (χ2n) is 6.15. The van der Waals surface area contributed by atoms with Gasteiger partial charge in [0.1, 0.15) is 14.8 Å². The first kappa shape index (κ1) is 20.4. The molecule has 0 bridgehead atoms. The lowest BCUT2D eigenvalue weighted by Crippen LogP contribution is -2.42. The quantitative estimate of drug-likeness (QED) is 0.531. The fraction of sp³-hybridized carbons (Fsp3) is 0.444. The predicted molar refractivity (Wildman–Crippen MR) is 109 cm³/mol. The van der Waals surface area contributed by atoms with Gasteiger partial charge in [0.05, 0.1) is 18.0 Å². The summed E-state index contributed by atoms with van der Waals surface area (Å²) in [5.74, 6) is 0.831. The van der Waals surface area contributed by atoms with Crippen LogP contribution >= 0.6 is 11.3 Å². The summed E-state index contributed by atoms with van der Waals surface area (Å²) < 4.78 is 22.6. The lowest BCUT2D eigenvalue weighted by atomic mass is 10.2. The zero-order valence-corrected chi connectivity index (χ0v) is 17.0. The lowest BCUT2D eigenvalue weighted by Gasteiger charge is -2.17. The van der Waals surface area contributed by atoms with Crippen LogP contribution in [0.15, 0.2) is 40.7 Å². The van der Waals surface area contributed by atoms with E-state index in [0.717, 1.165) is 22.8 Å². The molecule has 1 aromatic heterocycles. The van der Waals surface area contributed by atoms with Crippen LogP contribution in [-0.4, -0.2) is 44.0 Å². The summed E-state index contributed by atoms with van der Waals surface area (Å²) in [5, 5.41) is 9.41. The van der Waals surface area contributed by atoms with Gasteiger partial charge in [-0.05, 0) is 20.3 Å². The van der Waals surface area contributed by atoms with E-state index in [1.807, 2.05) is 49.6 Å². The molecular formula is C18H26N4O2S2. The average molecular weight is 395 g/mol. The van der Waals surface area contributed by atoms with E-state index in [9.17, 15) is 8.42 Å². The minimum Gasteiger partial charge on any atom is -0.357 e. The Morgan fingerprint density at radius 2 is 2.04 bits per heavy atom. The van der Waals surface area contributed by atoms with Gasteiger partial charge in [0.2, 0.25) is 0 Å². The van der Waals surface area contributed by atoms with Crippen LogP contribution in [0.3, 0.4) is 0 Å². The molecule has 0 aliphatic rings. The van der Waals surface area contributed by atoms with Crippen molar-refractivity contribution in [3.63, 3.8) is 0 Å². The van der Waals surface area contributed by atoms with Crippen molar-refractivity contribution in [3.8, 4) is 11.3 Å². The topological polar surface area (TPSA) is 83.4 Å². The fourth-order valence-electron chi connectivity index (χ4n) is 2.29. The van der Waals surface area contributed by atoms with E-state index < -0.39 is 9.84 Å². The fourth-order valence-corrected chi connectivity index (χ4v) is 3.80. The van der Waals surface area contributed by atoms with Gasteiger partial charge < -0.3 is 10.6 Å². The number of guanidine groups is 1. The summed E-state index contributed by atoms with van der Waals surface area (Å²) in [6, 6.07) is 10.1. The first-order chi connectivity index (χ1) is 12.4. The summed E-state index contributed by atoms with van der Waals surface area (Å²) in [7, 11) is -2.95. The molecule has 0 aliphatic heterocycles. The molecule has 8 heteroatoms. The van der Waals surface area contributed by atoms with E-state index in [-0.39, 0.29) is 11.8 Å². The third kappa shape index (κ3) is 7.13. The minimum atomic E-state index is -2.95. The molecule has 6 nitrogen and oxygen atoms in total. The lowest BCUT2D eigenvalue weighted by molar-refractivity contribution is 0.581. The molecule has 1 unspecified atom stereocenters. The summed E-state index contributed by atoms with van der Waals surface area (Å²) in [6.07, 6.45) is 1.80. The summed E-state index contributed by atoms with van der Waals surface area (Å²) in [4.78, 5) is 9.20. The summed E-state index contributed by atoms with van der Waals surface area (Å²) in [6.45, 7) is 5.16. The van der Waals surface area contributed by atoms with E-state index in [1.165, 1.54) is 6.26 Å². The van der Waals surface area contributed by atoms with Crippen molar-refractivity contribution in [2.24, 2.45) is 4.99 Å². The van der Waals surface area contributed by atoms with E-state index >= 15 is 0 Å². The van der Waals surface area contributed by atoms with Gasteiger partial charge in [0.25, 0.3) is 0 Å². The number of nitrogens with zero attached hydrogens (tertiary/aromatic N) is 2. The highest BCUT2D eigenvalue weighted by Gasteiger charge is 2.10. The minimum absolute atomic E-state index is 0.0127. The van der Waals surface area contributed by atoms with Gasteiger partial charge >= 0.3 is 0 Å². The number of aromatic nitrogens is 1. The Kier molecular flexibility index (Phi) is 7.59. The number of thiazole rings is 1. The normalized spacial score (nSPS) is 13.4. The Balaban J connectivity index is 1.97. The van der Waals surface area contributed by atoms with E-state index in [1.54, 1.807) is 11.3 Å². The van der Waals surface area contributed by atoms with Crippen LogP contribution < -0.4 is 10.6 Å². The first-order valence-corrected chi connectivity index (χ1v) is 11.5. The monoisotopic (exact) mass is 394 g/mol. The highest BCUT2D eigenvalue weighted by Crippen LogP contribution is 2.21. The SMILES string of the molecule is CCNC(=NCc1nc(-c2ccccc2)cs1)NC(C)CCS(C)(=O)=O. The first-order valence-electron chi connectivity index (χ1n) is 8.59. The molecule has 2 N–H and O–H groups in total. The van der Waals surface area contributed by atoms with E-state index in [4.69, 9.17) is 0 Å². The van der Waals surface area contributed by atoms with Crippen LogP contribution in [0.4, 0.5) is 0 Å². The van der Waals surface area contributed by atoms with Gasteiger partial charge in [-0.1, -0.05) is 30.3 Å². The van der Waals surface area contributed by atoms with Crippen molar-refractivity contribution in [2.75, 3.05) is 18.6 Å². The molecular weight excluding hydrogens is 368 g/mol. The van der Waals surface area contributed by atoms with Gasteiger partial charge in [-0.2, -0.15) is 0 Å². The van der Waals surface area contributed by atoms with Crippen LogP contribution in [0.2, 0.25) is 0 Å². The molecule has 0 fully saturated rings. The number of sulfone groups is 1. The summed E-state index contributed by atoms with van der Waals surface area (Å²) >= 11 is 1.58. The molecule has 1 heterocycles. The molecule has 2 rings (SSSR count). The molecule has 1 aromatic carbocycles. The highest BCUT2D eigenvalue weighted by molar-refractivity contribution is 7.90. The Morgan fingerprint density at radius 3 is 2.69 bits per heavy atom. The Labute approximate surface area is 159 Å². The smallest absolute Gasteiger partial charge is 0.191 e. The Hall–Kier alpha value is -1.93. The largest absolute Gasteiger partial charge is 0.357 e. The third-order valence-electron chi connectivity index (χ3n) is 3.64. The zero-order chi connectivity index (χ0) is 19.0. The van der Waals surface area contributed by atoms with Crippen molar-refractivity contribution < 1.29 is 8.42 Å². The third-order valence-corrected chi connectivity index (χ3v) is 5.45. The number of rotatable bonds is 8. The zero-order valence-electron chi connectivity index (χ0n) is 15.4. The van der Waals surface area contributed by atoms with Gasteiger partial charge in [-0.3, -0.25) is 0 Å². The molecule has 0 amide bonds. The van der Waals surface area contributed by atoms with Crippen LogP contribution in [0.25, 0.3) is 11.3 Å². The molecule has 26 heavy (non-hydrogen) atoms. The van der Waals surface area contributed by atoms with Crippen molar-refractivity contribution in [3.05, 3.63) is 40.7 Å². The molecule has 0 radical (unpaired) electrons. The average Bonchev–Trinajstić information content (AvgIpc) is 3.07. The van der Waals surface area contributed by atoms with Crippen molar-refractivity contribution in [1.82, 2.24) is 15.6 Å². The number of nitrogens with one attached hydrogen (secondary N) is 2. The van der Waals surface area contributed by atoms with Crippen molar-refractivity contribution in [1.29, 1.82) is 0 Å². The van der Waals surface area contributed by atoms with Crippen molar-refractivity contribution in [2.45, 2.75) is 32.9 Å². The summed E-state index contributed by atoms with van der Waals surface area (Å²) in [5.41, 5.74) is 2.05. The molecule has 142 valence electrons. The Bertz CT molecular complexity index is 817. The van der Waals surface area contributed by atoms with Gasteiger partial charge in [-0.15, -0.1) is 11.3 Å². The predicted octanol–water partition coefficient (Wildman–Crippen LogP) is 2.69. The maximum atomic E-state index is 11.3. The Morgan fingerprint density at radius 1 is 1.31 bits per heavy atom. The van der Waals surface area contributed by atoms with Crippen LogP contribution in [0.5, 0.6) is 0 Å². The number of hydrogen-bond acceptors (Lipinski definition) is 5. The molecule has 2 aromatic rings. The van der Waals surface area contributed by atoms with Gasteiger partial charge in [0.15, 0.2) is 5.96 Å². The number of benzene rings is 1. The van der Waals surface area contributed by atoms with E-state index in [2.05, 4.69) is 20.6 Å². The van der Waals surface area contributed by atoms with Crippen LogP contribution in [-0.2, 0) is 16.4 Å². The van der Waals surface area contributed by atoms with Gasteiger partial charge in [-0.25, -0.2) is 18.4 Å². The molecule has 0 saturated carbocycles. The molecule has 0 aliphatic carbocycles. The molecule has 0 saturated heterocycles. The maximum Gasteiger partial charge on any atom is 0.191 e. The number of hydrogen-bond donors (Lipinski definition) is 2. The van der Waals surface area contributed by atoms with Crippen LogP contribution in [0.1, 0.15) is 25.3 Å². The van der Waals surface area contributed by atoms with E-state index in [0.29, 0.717) is 18.9 Å². The van der Waals surface area contributed by atoms with Crippen molar-refractivity contribution >= 4 is 27.1 Å². The standard InChI is InChI=1S/C18H26N4O2S2/c1-4-19-18(21-14(2)10-11-26(3,23)24)20-12-17-22-16(13-25-17)15-8-6-5-7-9-15/h5-9,13-14H,4,10-12H2,1-3H3,(H2,19,20,21). The second-order valence-corrected chi connectivity index (χ2v) is 9.35. The second kappa shape index (κ2) is 9.68. The highest BCUT2D eigenvalue weighted by atomic mass is 32.2. The maximum absolute atomic E-state index is 11.3. The van der Waals surface area contributed by atoms with Gasteiger partial charge in [0, 0.05) is 29.8 Å².